The number of hydrogen-bond donors (Lipinski definition) is 1. The van der Waals surface area contributed by atoms with Crippen molar-refractivity contribution in [3.8, 4) is 0 Å². The second-order valence-electron chi connectivity index (χ2n) is 6.45. The van der Waals surface area contributed by atoms with Crippen molar-refractivity contribution in [1.82, 2.24) is 29.8 Å². The molecular formula is C17H26N6O2. The monoisotopic (exact) mass is 346 g/mol. The molecular weight excluding hydrogens is 320 g/mol. The van der Waals surface area contributed by atoms with Crippen molar-refractivity contribution in [3.63, 3.8) is 0 Å². The molecule has 2 aromatic heterocycles. The number of nitrogens with zero attached hydrogens (tertiary/aromatic N) is 5. The van der Waals surface area contributed by atoms with Gasteiger partial charge in [0.2, 0.25) is 0 Å². The highest BCUT2D eigenvalue weighted by atomic mass is 16.5. The highest BCUT2D eigenvalue weighted by Crippen LogP contribution is 2.21. The van der Waals surface area contributed by atoms with Crippen LogP contribution in [-0.4, -0.2) is 56.7 Å². The molecule has 3 rings (SSSR count). The summed E-state index contributed by atoms with van der Waals surface area (Å²) in [6.45, 7) is 8.07. The molecule has 0 saturated carbocycles. The number of nitrogens with one attached hydrogen (secondary N) is 1. The van der Waals surface area contributed by atoms with E-state index in [-0.39, 0.29) is 12.1 Å². The van der Waals surface area contributed by atoms with Gasteiger partial charge in [0.25, 0.3) is 0 Å². The second kappa shape index (κ2) is 8.15. The number of ether oxygens (including phenoxy) is 1. The Balaban J connectivity index is 1.48. The highest BCUT2D eigenvalue weighted by Gasteiger charge is 2.26. The van der Waals surface area contributed by atoms with Gasteiger partial charge in [0.1, 0.15) is 6.10 Å². The molecule has 0 spiro atoms. The number of amides is 2. The van der Waals surface area contributed by atoms with Crippen LogP contribution in [0.4, 0.5) is 4.79 Å². The van der Waals surface area contributed by atoms with Gasteiger partial charge in [0.05, 0.1) is 19.3 Å². The fourth-order valence-electron chi connectivity index (χ4n) is 2.92. The van der Waals surface area contributed by atoms with Crippen LogP contribution in [0.5, 0.6) is 0 Å². The quantitative estimate of drug-likeness (QED) is 0.860. The van der Waals surface area contributed by atoms with Gasteiger partial charge in [0.15, 0.2) is 0 Å². The zero-order chi connectivity index (χ0) is 17.6. The van der Waals surface area contributed by atoms with E-state index in [1.165, 1.54) is 0 Å². The number of hydrogen-bond acceptors (Lipinski definition) is 4. The van der Waals surface area contributed by atoms with Gasteiger partial charge < -0.3 is 15.0 Å². The Morgan fingerprint density at radius 2 is 2.32 bits per heavy atom. The van der Waals surface area contributed by atoms with Crippen LogP contribution < -0.4 is 5.32 Å². The number of aryl methyl sites for hydroxylation is 1. The number of rotatable bonds is 6. The molecule has 0 unspecified atom stereocenters. The summed E-state index contributed by atoms with van der Waals surface area (Å²) in [7, 11) is 0. The Morgan fingerprint density at radius 3 is 3.04 bits per heavy atom. The maximum Gasteiger partial charge on any atom is 0.317 e. The molecule has 25 heavy (non-hydrogen) atoms. The van der Waals surface area contributed by atoms with Gasteiger partial charge in [-0.1, -0.05) is 6.92 Å². The van der Waals surface area contributed by atoms with Crippen LogP contribution in [0.2, 0.25) is 0 Å². The van der Waals surface area contributed by atoms with E-state index in [2.05, 4.69) is 22.4 Å². The summed E-state index contributed by atoms with van der Waals surface area (Å²) < 4.78 is 9.56. The van der Waals surface area contributed by atoms with Crippen LogP contribution in [-0.2, 0) is 17.8 Å². The predicted molar refractivity (Wildman–Crippen MR) is 93.0 cm³/mol. The number of carbonyl (C=O) groups is 1. The molecule has 0 radical (unpaired) electrons. The van der Waals surface area contributed by atoms with Crippen LogP contribution in [0.15, 0.2) is 30.9 Å². The third-order valence-electron chi connectivity index (χ3n) is 4.36. The van der Waals surface area contributed by atoms with Crippen LogP contribution in [0.25, 0.3) is 0 Å². The maximum absolute atomic E-state index is 12.5. The second-order valence-corrected chi connectivity index (χ2v) is 6.45. The van der Waals surface area contributed by atoms with E-state index in [1.54, 1.807) is 6.20 Å². The normalized spacial score (nSPS) is 19.0. The number of morpholine rings is 1. The van der Waals surface area contributed by atoms with Gasteiger partial charge in [0, 0.05) is 50.3 Å². The van der Waals surface area contributed by atoms with E-state index < -0.39 is 0 Å². The minimum absolute atomic E-state index is 0.0384. The Bertz CT molecular complexity index is 668. The zero-order valence-corrected chi connectivity index (χ0v) is 14.8. The van der Waals surface area contributed by atoms with Crippen LogP contribution >= 0.6 is 0 Å². The van der Waals surface area contributed by atoms with E-state index in [0.29, 0.717) is 32.2 Å². The summed E-state index contributed by atoms with van der Waals surface area (Å²) >= 11 is 0. The number of carbonyl (C=O) groups excluding carboxylic acids is 1. The Kier molecular flexibility index (Phi) is 5.70. The van der Waals surface area contributed by atoms with E-state index in [1.807, 2.05) is 45.8 Å². The fraction of sp³-hybridized carbons (Fsp3) is 0.588. The highest BCUT2D eigenvalue weighted by molar-refractivity contribution is 5.74. The van der Waals surface area contributed by atoms with E-state index in [4.69, 9.17) is 4.74 Å². The third kappa shape index (κ3) is 4.60. The van der Waals surface area contributed by atoms with Gasteiger partial charge in [-0.15, -0.1) is 0 Å². The molecule has 0 aliphatic carbocycles. The molecule has 1 aliphatic rings. The Labute approximate surface area is 147 Å². The molecule has 1 N–H and O–H groups in total. The van der Waals surface area contributed by atoms with Gasteiger partial charge in [-0.05, 0) is 18.9 Å². The molecule has 0 bridgehead atoms. The molecule has 8 heteroatoms. The zero-order valence-electron chi connectivity index (χ0n) is 14.8. The minimum atomic E-state index is -0.110. The summed E-state index contributed by atoms with van der Waals surface area (Å²) in [6.07, 6.45) is 7.39. The van der Waals surface area contributed by atoms with Crippen LogP contribution in [0.3, 0.4) is 0 Å². The van der Waals surface area contributed by atoms with Crippen molar-refractivity contribution in [2.75, 3.05) is 26.2 Å². The van der Waals surface area contributed by atoms with E-state index in [0.717, 1.165) is 18.7 Å². The fourth-order valence-corrected chi connectivity index (χ4v) is 2.92. The SMILES string of the molecule is CCn1cc([C@@H]2CN(C(=O)NC[C@@H](C)Cn3cccn3)CCO2)cn1. The lowest BCUT2D eigenvalue weighted by Gasteiger charge is -2.32. The maximum atomic E-state index is 12.5. The van der Waals surface area contributed by atoms with Crippen molar-refractivity contribution in [3.05, 3.63) is 36.4 Å². The van der Waals surface area contributed by atoms with Gasteiger partial charge >= 0.3 is 6.03 Å². The van der Waals surface area contributed by atoms with Crippen LogP contribution in [0, 0.1) is 5.92 Å². The summed E-state index contributed by atoms with van der Waals surface area (Å²) in [6, 6.07) is 1.86. The lowest BCUT2D eigenvalue weighted by Crippen LogP contribution is -2.48. The lowest BCUT2D eigenvalue weighted by atomic mass is 10.1. The summed E-state index contributed by atoms with van der Waals surface area (Å²) in [5.74, 6) is 0.309. The molecule has 0 aromatic carbocycles. The summed E-state index contributed by atoms with van der Waals surface area (Å²) in [5, 5.41) is 11.5. The first-order valence-corrected chi connectivity index (χ1v) is 8.80. The Morgan fingerprint density at radius 1 is 1.44 bits per heavy atom. The lowest BCUT2D eigenvalue weighted by molar-refractivity contribution is -0.0155. The average molecular weight is 346 g/mol. The Hall–Kier alpha value is -2.35. The molecule has 1 aliphatic heterocycles. The minimum Gasteiger partial charge on any atom is -0.370 e. The molecule has 1 saturated heterocycles. The van der Waals surface area contributed by atoms with Gasteiger partial charge in [-0.3, -0.25) is 9.36 Å². The molecule has 2 aromatic rings. The molecule has 2 amide bonds. The first kappa shape index (κ1) is 17.5. The largest absolute Gasteiger partial charge is 0.370 e. The first-order valence-electron chi connectivity index (χ1n) is 8.80. The molecule has 2 atom stereocenters. The van der Waals surface area contributed by atoms with Crippen molar-refractivity contribution < 1.29 is 9.53 Å². The third-order valence-corrected chi connectivity index (χ3v) is 4.36. The van der Waals surface area contributed by atoms with Crippen molar-refractivity contribution in [2.45, 2.75) is 33.0 Å². The predicted octanol–water partition coefficient (Wildman–Crippen LogP) is 1.52. The van der Waals surface area contributed by atoms with Crippen LogP contribution in [0.1, 0.15) is 25.5 Å². The molecule has 3 heterocycles. The van der Waals surface area contributed by atoms with E-state index in [9.17, 15) is 4.79 Å². The smallest absolute Gasteiger partial charge is 0.317 e. The summed E-state index contributed by atoms with van der Waals surface area (Å²) in [4.78, 5) is 14.3. The number of urea groups is 1. The topological polar surface area (TPSA) is 77.2 Å². The molecule has 1 fully saturated rings. The van der Waals surface area contributed by atoms with Gasteiger partial charge in [-0.2, -0.15) is 10.2 Å². The number of aromatic nitrogens is 4. The van der Waals surface area contributed by atoms with Gasteiger partial charge in [-0.25, -0.2) is 4.79 Å². The first-order chi connectivity index (χ1) is 12.2. The average Bonchev–Trinajstić information content (AvgIpc) is 3.31. The van der Waals surface area contributed by atoms with Crippen molar-refractivity contribution >= 4 is 6.03 Å². The molecule has 136 valence electrons. The molecule has 8 nitrogen and oxygen atoms in total. The summed E-state index contributed by atoms with van der Waals surface area (Å²) in [5.41, 5.74) is 1.02. The van der Waals surface area contributed by atoms with Crippen molar-refractivity contribution in [2.24, 2.45) is 5.92 Å². The standard InChI is InChI=1S/C17H26N6O2/c1-3-22-12-15(10-20-22)16-13-21(7-8-25-16)17(24)18-9-14(2)11-23-6-4-5-19-23/h4-6,10,12,14,16H,3,7-9,11,13H2,1-2H3,(H,18,24)/t14-,16+/m1/s1. The van der Waals surface area contributed by atoms with E-state index >= 15 is 0 Å². The van der Waals surface area contributed by atoms with Crippen molar-refractivity contribution in [1.29, 1.82) is 0 Å².